The molecular weight excluding hydrogens is 230 g/mol. The predicted molar refractivity (Wildman–Crippen MR) is 80.0 cm³/mol. The van der Waals surface area contributed by atoms with Crippen molar-refractivity contribution in [1.29, 1.82) is 5.26 Å². The third-order valence-electron chi connectivity index (χ3n) is 4.88. The summed E-state index contributed by atoms with van der Waals surface area (Å²) in [5.74, 6) is 0.755. The number of rotatable bonds is 3. The fraction of sp³-hybridized carbons (Fsp3) is 0.611. The monoisotopic (exact) mass is 255 g/mol. The van der Waals surface area contributed by atoms with Gasteiger partial charge in [-0.3, -0.25) is 0 Å². The van der Waals surface area contributed by atoms with Gasteiger partial charge in [-0.25, -0.2) is 0 Å². The molecule has 0 N–H and O–H groups in total. The Morgan fingerprint density at radius 2 is 1.89 bits per heavy atom. The van der Waals surface area contributed by atoms with Gasteiger partial charge in [0.05, 0.1) is 11.5 Å². The van der Waals surface area contributed by atoms with Crippen molar-refractivity contribution in [3.63, 3.8) is 0 Å². The van der Waals surface area contributed by atoms with E-state index in [9.17, 15) is 5.26 Å². The molecule has 0 radical (unpaired) electrons. The van der Waals surface area contributed by atoms with Crippen molar-refractivity contribution in [2.75, 3.05) is 0 Å². The van der Waals surface area contributed by atoms with Gasteiger partial charge in [0.15, 0.2) is 0 Å². The number of aryl methyl sites for hydroxylation is 3. The predicted octanol–water partition coefficient (Wildman–Crippen LogP) is 4.87. The van der Waals surface area contributed by atoms with Gasteiger partial charge in [-0.05, 0) is 69.1 Å². The summed E-state index contributed by atoms with van der Waals surface area (Å²) in [6.07, 6.45) is 5.56. The van der Waals surface area contributed by atoms with Crippen LogP contribution in [0.3, 0.4) is 0 Å². The summed E-state index contributed by atoms with van der Waals surface area (Å²) in [7, 11) is 0. The Morgan fingerprint density at radius 3 is 2.37 bits per heavy atom. The van der Waals surface area contributed by atoms with Crippen LogP contribution in [-0.4, -0.2) is 0 Å². The van der Waals surface area contributed by atoms with Crippen LogP contribution >= 0.6 is 0 Å². The molecule has 1 nitrogen and oxygen atoms in total. The quantitative estimate of drug-likeness (QED) is 0.755. The van der Waals surface area contributed by atoms with Crippen LogP contribution in [0.5, 0.6) is 0 Å². The second-order valence-corrected chi connectivity index (χ2v) is 6.46. The molecule has 2 unspecified atom stereocenters. The first-order valence-corrected chi connectivity index (χ1v) is 7.47. The Bertz CT molecular complexity index is 486. The molecule has 1 heteroatoms. The average Bonchev–Trinajstić information content (AvgIpc) is 2.78. The number of hydrogen-bond donors (Lipinski definition) is 0. The number of nitriles is 1. The van der Waals surface area contributed by atoms with Crippen LogP contribution in [0.2, 0.25) is 0 Å². The molecule has 1 aromatic rings. The van der Waals surface area contributed by atoms with Crippen LogP contribution < -0.4 is 0 Å². The summed E-state index contributed by atoms with van der Waals surface area (Å²) < 4.78 is 0. The molecule has 0 heterocycles. The molecule has 1 aliphatic carbocycles. The second kappa shape index (κ2) is 5.37. The van der Waals surface area contributed by atoms with Gasteiger partial charge < -0.3 is 0 Å². The lowest BCUT2D eigenvalue weighted by Gasteiger charge is -2.23. The molecule has 1 fully saturated rings. The summed E-state index contributed by atoms with van der Waals surface area (Å²) in [5.41, 5.74) is 5.33. The minimum absolute atomic E-state index is 0.106. The minimum Gasteiger partial charge on any atom is -0.198 e. The minimum atomic E-state index is -0.106. The average molecular weight is 255 g/mol. The highest BCUT2D eigenvalue weighted by Gasteiger charge is 2.39. The second-order valence-electron chi connectivity index (χ2n) is 6.46. The van der Waals surface area contributed by atoms with Crippen molar-refractivity contribution in [2.24, 2.45) is 11.3 Å². The van der Waals surface area contributed by atoms with E-state index in [1.165, 1.54) is 35.1 Å². The molecule has 1 aliphatic rings. The SMILES string of the molecule is CCC1CCC(C#N)(Cc2c(C)cc(C)cc2C)C1. The van der Waals surface area contributed by atoms with Crippen molar-refractivity contribution < 1.29 is 0 Å². The molecule has 2 rings (SSSR count). The normalized spacial score (nSPS) is 26.4. The van der Waals surface area contributed by atoms with E-state index < -0.39 is 0 Å². The van der Waals surface area contributed by atoms with Gasteiger partial charge in [-0.2, -0.15) is 5.26 Å². The molecule has 2 atom stereocenters. The van der Waals surface area contributed by atoms with Gasteiger partial charge >= 0.3 is 0 Å². The molecule has 0 amide bonds. The Labute approximate surface area is 117 Å². The third kappa shape index (κ3) is 2.84. The van der Waals surface area contributed by atoms with Crippen LogP contribution in [0.4, 0.5) is 0 Å². The van der Waals surface area contributed by atoms with Crippen molar-refractivity contribution in [1.82, 2.24) is 0 Å². The molecule has 1 saturated carbocycles. The van der Waals surface area contributed by atoms with Gasteiger partial charge in [-0.15, -0.1) is 0 Å². The van der Waals surface area contributed by atoms with Crippen LogP contribution in [0.25, 0.3) is 0 Å². The summed E-state index contributed by atoms with van der Waals surface area (Å²) in [6, 6.07) is 7.16. The molecule has 0 aromatic heterocycles. The van der Waals surface area contributed by atoms with Crippen molar-refractivity contribution >= 4 is 0 Å². The first-order chi connectivity index (χ1) is 8.99. The molecular formula is C18H25N. The van der Waals surface area contributed by atoms with Crippen molar-refractivity contribution in [3.8, 4) is 6.07 Å². The van der Waals surface area contributed by atoms with Crippen molar-refractivity contribution in [2.45, 2.75) is 59.8 Å². The van der Waals surface area contributed by atoms with E-state index in [2.05, 4.69) is 45.9 Å². The fourth-order valence-corrected chi connectivity index (χ4v) is 3.71. The highest BCUT2D eigenvalue weighted by molar-refractivity contribution is 5.39. The van der Waals surface area contributed by atoms with Gasteiger partial charge in [0.2, 0.25) is 0 Å². The van der Waals surface area contributed by atoms with E-state index in [-0.39, 0.29) is 5.41 Å². The topological polar surface area (TPSA) is 23.8 Å². The zero-order valence-corrected chi connectivity index (χ0v) is 12.7. The lowest BCUT2D eigenvalue weighted by Crippen LogP contribution is -2.19. The smallest absolute Gasteiger partial charge is 0.0693 e. The fourth-order valence-electron chi connectivity index (χ4n) is 3.71. The van der Waals surface area contributed by atoms with E-state index >= 15 is 0 Å². The standard InChI is InChI=1S/C18H25N/c1-5-16-6-7-18(10-16,12-19)11-17-14(3)8-13(2)9-15(17)4/h8-9,16H,5-7,10-11H2,1-4H3. The zero-order chi connectivity index (χ0) is 14.0. The maximum atomic E-state index is 9.68. The lowest BCUT2D eigenvalue weighted by atomic mass is 9.78. The van der Waals surface area contributed by atoms with Gasteiger partial charge in [0.1, 0.15) is 0 Å². The van der Waals surface area contributed by atoms with Gasteiger partial charge in [-0.1, -0.05) is 31.0 Å². The highest BCUT2D eigenvalue weighted by Crippen LogP contribution is 2.45. The van der Waals surface area contributed by atoms with E-state index in [1.54, 1.807) is 0 Å². The largest absolute Gasteiger partial charge is 0.198 e. The molecule has 0 spiro atoms. The van der Waals surface area contributed by atoms with E-state index in [0.717, 1.165) is 25.2 Å². The Kier molecular flexibility index (Phi) is 3.99. The first kappa shape index (κ1) is 14.1. The Morgan fingerprint density at radius 1 is 1.26 bits per heavy atom. The molecule has 0 saturated heterocycles. The van der Waals surface area contributed by atoms with E-state index in [4.69, 9.17) is 0 Å². The Hall–Kier alpha value is -1.29. The van der Waals surface area contributed by atoms with Crippen LogP contribution in [0.1, 0.15) is 54.9 Å². The van der Waals surface area contributed by atoms with Crippen LogP contribution in [-0.2, 0) is 6.42 Å². The van der Waals surface area contributed by atoms with E-state index in [1.807, 2.05) is 0 Å². The highest BCUT2D eigenvalue weighted by atomic mass is 14.4. The summed E-state index contributed by atoms with van der Waals surface area (Å²) in [5, 5.41) is 9.68. The lowest BCUT2D eigenvalue weighted by molar-refractivity contribution is 0.379. The molecule has 19 heavy (non-hydrogen) atoms. The molecule has 0 bridgehead atoms. The zero-order valence-electron chi connectivity index (χ0n) is 12.7. The van der Waals surface area contributed by atoms with E-state index in [0.29, 0.717) is 0 Å². The number of nitrogens with zero attached hydrogens (tertiary/aromatic N) is 1. The molecule has 102 valence electrons. The van der Waals surface area contributed by atoms with Gasteiger partial charge in [0, 0.05) is 0 Å². The first-order valence-electron chi connectivity index (χ1n) is 7.47. The maximum Gasteiger partial charge on any atom is 0.0693 e. The summed E-state index contributed by atoms with van der Waals surface area (Å²) >= 11 is 0. The molecule has 1 aromatic carbocycles. The van der Waals surface area contributed by atoms with Gasteiger partial charge in [0.25, 0.3) is 0 Å². The third-order valence-corrected chi connectivity index (χ3v) is 4.88. The number of benzene rings is 1. The van der Waals surface area contributed by atoms with Crippen LogP contribution in [0.15, 0.2) is 12.1 Å². The summed E-state index contributed by atoms with van der Waals surface area (Å²) in [6.45, 7) is 8.77. The Balaban J connectivity index is 2.28. The molecule has 0 aliphatic heterocycles. The van der Waals surface area contributed by atoms with Crippen LogP contribution in [0, 0.1) is 43.4 Å². The van der Waals surface area contributed by atoms with Crippen molar-refractivity contribution in [3.05, 3.63) is 34.4 Å². The summed E-state index contributed by atoms with van der Waals surface area (Å²) in [4.78, 5) is 0. The maximum absolute atomic E-state index is 9.68. The number of hydrogen-bond acceptors (Lipinski definition) is 1.